The molecule has 0 rings (SSSR count). The van der Waals surface area contributed by atoms with Crippen LogP contribution in [0.5, 0.6) is 0 Å². The SMILES string of the molecule is Br.C=C[CH2-].C=C[CH2-].C=C[CH2-].C=C[CH2][Al][CH2]C=C.[Au+3]. The number of allylic oxidation sites excluding steroid dienone is 5. The Balaban J connectivity index is -0.0000000284. The molecule has 0 aliphatic carbocycles. The van der Waals surface area contributed by atoms with Gasteiger partial charge in [0.2, 0.25) is 15.2 Å². The zero-order valence-electron chi connectivity index (χ0n) is 11.2. The van der Waals surface area contributed by atoms with Crippen LogP contribution < -0.4 is 0 Å². The average molecular weight is 510 g/mol. The van der Waals surface area contributed by atoms with E-state index in [1.54, 1.807) is 0 Å². The molecule has 0 heterocycles. The molecule has 0 N–H and O–H groups in total. The second-order valence-corrected chi connectivity index (χ2v) is 3.72. The molecule has 3 heteroatoms. The molecule has 0 nitrogen and oxygen atoms in total. The minimum Gasteiger partial charge on any atom is -0.245 e. The van der Waals surface area contributed by atoms with Gasteiger partial charge in [-0.3, -0.25) is 0 Å². The minimum atomic E-state index is 0. The third-order valence-corrected chi connectivity index (χ3v) is 2.00. The van der Waals surface area contributed by atoms with Crippen molar-refractivity contribution in [2.45, 2.75) is 10.6 Å². The maximum atomic E-state index is 3.62. The Hall–Kier alpha value is 0.0627. The molecule has 0 saturated carbocycles. The van der Waals surface area contributed by atoms with Crippen LogP contribution in [0.1, 0.15) is 0 Å². The Morgan fingerprint density at radius 2 is 0.889 bits per heavy atom. The van der Waals surface area contributed by atoms with Crippen LogP contribution in [0.2, 0.25) is 10.6 Å². The van der Waals surface area contributed by atoms with Crippen molar-refractivity contribution < 1.29 is 22.4 Å². The largest absolute Gasteiger partial charge is 3.00 e. The Morgan fingerprint density at radius 3 is 1.00 bits per heavy atom. The van der Waals surface area contributed by atoms with Crippen LogP contribution in [-0.4, -0.2) is 15.2 Å². The van der Waals surface area contributed by atoms with Crippen molar-refractivity contribution in [1.82, 2.24) is 0 Å². The van der Waals surface area contributed by atoms with Crippen LogP contribution in [-0.2, 0) is 22.4 Å². The fourth-order valence-electron chi connectivity index (χ4n) is 0.332. The van der Waals surface area contributed by atoms with E-state index in [0.29, 0.717) is 15.2 Å². The fraction of sp³-hybridized carbons (Fsp3) is 0.133. The molecular formula is C15H26AlAuBr. The van der Waals surface area contributed by atoms with E-state index in [9.17, 15) is 0 Å². The molecule has 0 atom stereocenters. The van der Waals surface area contributed by atoms with E-state index >= 15 is 0 Å². The molecule has 0 bridgehead atoms. The summed E-state index contributed by atoms with van der Waals surface area (Å²) in [6.07, 6.45) is 8.44. The molecule has 0 aliphatic heterocycles. The number of hydrogen-bond acceptors (Lipinski definition) is 0. The van der Waals surface area contributed by atoms with Gasteiger partial charge in [-0.1, -0.05) is 10.6 Å². The molecule has 0 aromatic heterocycles. The van der Waals surface area contributed by atoms with Crippen molar-refractivity contribution in [2.75, 3.05) is 0 Å². The molecule has 0 aliphatic rings. The van der Waals surface area contributed by atoms with Crippen molar-refractivity contribution in [2.24, 2.45) is 0 Å². The zero-order valence-corrected chi connectivity index (χ0v) is 16.3. The van der Waals surface area contributed by atoms with Crippen LogP contribution >= 0.6 is 17.0 Å². The summed E-state index contributed by atoms with van der Waals surface area (Å²) in [5.74, 6) is 0. The van der Waals surface area contributed by atoms with Gasteiger partial charge in [0.1, 0.15) is 0 Å². The summed E-state index contributed by atoms with van der Waals surface area (Å²) >= 11 is 0.586. The van der Waals surface area contributed by atoms with Crippen LogP contribution in [0.15, 0.2) is 63.3 Å². The van der Waals surface area contributed by atoms with Gasteiger partial charge >= 0.3 is 22.4 Å². The second-order valence-electron chi connectivity index (χ2n) is 2.20. The molecule has 0 saturated heterocycles. The maximum Gasteiger partial charge on any atom is 3.00 e. The van der Waals surface area contributed by atoms with E-state index in [1.165, 1.54) is 28.8 Å². The van der Waals surface area contributed by atoms with E-state index < -0.39 is 0 Å². The molecule has 0 aromatic rings. The summed E-state index contributed by atoms with van der Waals surface area (Å²) in [6.45, 7) is 26.7. The number of hydrogen-bond donors (Lipinski definition) is 0. The molecular weight excluding hydrogens is 484 g/mol. The first kappa shape index (κ1) is 36.1. The summed E-state index contributed by atoms with van der Waals surface area (Å²) < 4.78 is 0. The van der Waals surface area contributed by atoms with Crippen molar-refractivity contribution in [3.63, 3.8) is 0 Å². The quantitative estimate of drug-likeness (QED) is 0.203. The smallest absolute Gasteiger partial charge is 0.245 e. The average Bonchev–Trinajstić information content (AvgIpc) is 2.22. The van der Waals surface area contributed by atoms with Gasteiger partial charge in [-0.25, -0.2) is 58.7 Å². The standard InChI is InChI=1S/5C3H5.Al.Au.BrH/c5*1-3-2;;;/h5*3H,1-2H2;;;1H/q;;3*-1;;+3;. The van der Waals surface area contributed by atoms with E-state index in [0.717, 1.165) is 0 Å². The van der Waals surface area contributed by atoms with Gasteiger partial charge in [0.05, 0.1) is 0 Å². The van der Waals surface area contributed by atoms with Gasteiger partial charge in [-0.2, -0.15) is 0 Å². The van der Waals surface area contributed by atoms with Gasteiger partial charge in [0, 0.05) is 0 Å². The normalized spacial score (nSPS) is 4.89. The van der Waals surface area contributed by atoms with Gasteiger partial charge in [-0.15, -0.1) is 42.3 Å². The van der Waals surface area contributed by atoms with E-state index in [2.05, 4.69) is 53.7 Å². The van der Waals surface area contributed by atoms with Crippen molar-refractivity contribution in [3.05, 3.63) is 84.0 Å². The zero-order chi connectivity index (χ0) is 13.7. The molecule has 0 unspecified atom stereocenters. The first-order valence-corrected chi connectivity index (χ1v) is 6.53. The minimum absolute atomic E-state index is 0. The van der Waals surface area contributed by atoms with E-state index in [4.69, 9.17) is 0 Å². The molecule has 18 heavy (non-hydrogen) atoms. The molecule has 0 spiro atoms. The van der Waals surface area contributed by atoms with E-state index in [1.807, 2.05) is 12.2 Å². The second kappa shape index (κ2) is 67.7. The molecule has 0 aromatic carbocycles. The van der Waals surface area contributed by atoms with E-state index in [-0.39, 0.29) is 39.4 Å². The van der Waals surface area contributed by atoms with Crippen molar-refractivity contribution >= 4 is 32.2 Å². The van der Waals surface area contributed by atoms with Gasteiger partial charge in [-0.05, 0) is 0 Å². The van der Waals surface area contributed by atoms with Gasteiger partial charge in [0.25, 0.3) is 0 Å². The summed E-state index contributed by atoms with van der Waals surface area (Å²) in [5.41, 5.74) is 0. The fourth-order valence-corrected chi connectivity index (χ4v) is 0.996. The first-order valence-electron chi connectivity index (χ1n) is 4.90. The summed E-state index contributed by atoms with van der Waals surface area (Å²) in [5, 5.41) is 2.40. The van der Waals surface area contributed by atoms with Crippen molar-refractivity contribution in [3.8, 4) is 0 Å². The Labute approximate surface area is 148 Å². The summed E-state index contributed by atoms with van der Waals surface area (Å²) in [7, 11) is 0. The number of halogens is 1. The Kier molecular flexibility index (Phi) is 136. The monoisotopic (exact) mass is 509 g/mol. The molecule has 1 radical (unpaired) electrons. The Morgan fingerprint density at radius 1 is 0.722 bits per heavy atom. The Bertz CT molecular complexity index is 134. The van der Waals surface area contributed by atoms with Crippen LogP contribution in [0.25, 0.3) is 0 Å². The summed E-state index contributed by atoms with van der Waals surface area (Å²) in [4.78, 5) is 0. The van der Waals surface area contributed by atoms with Crippen LogP contribution in [0.4, 0.5) is 0 Å². The topological polar surface area (TPSA) is 0 Å². The first-order chi connectivity index (χ1) is 7.66. The third-order valence-electron chi connectivity index (χ3n) is 0.667. The predicted octanol–water partition coefficient (Wildman–Crippen LogP) is 5.49. The molecule has 0 amide bonds. The third kappa shape index (κ3) is 221. The van der Waals surface area contributed by atoms with Crippen molar-refractivity contribution in [1.29, 1.82) is 0 Å². The molecule has 0 fully saturated rings. The van der Waals surface area contributed by atoms with Gasteiger partial charge < -0.3 is 0 Å². The summed E-state index contributed by atoms with van der Waals surface area (Å²) in [6, 6.07) is 0. The maximum absolute atomic E-state index is 3.62. The predicted molar refractivity (Wildman–Crippen MR) is 92.7 cm³/mol. The van der Waals surface area contributed by atoms with Crippen LogP contribution in [0.3, 0.4) is 0 Å². The van der Waals surface area contributed by atoms with Gasteiger partial charge in [0.15, 0.2) is 0 Å². The molecule has 107 valence electrons. The number of rotatable bonds is 4. The van der Waals surface area contributed by atoms with Crippen LogP contribution in [0, 0.1) is 20.8 Å².